The topological polar surface area (TPSA) is 23.5 Å². The molecule has 0 radical (unpaired) electrons. The predicted molar refractivity (Wildman–Crippen MR) is 53.7 cm³/mol. The minimum Gasteiger partial charge on any atom is -0.389 e. The number of alkyl halides is 1. The summed E-state index contributed by atoms with van der Waals surface area (Å²) in [6, 6.07) is 0. The second-order valence-electron chi connectivity index (χ2n) is 3.63. The molecule has 0 aliphatic heterocycles. The lowest BCUT2D eigenvalue weighted by Crippen LogP contribution is -2.36. The van der Waals surface area contributed by atoms with Crippen molar-refractivity contribution < 1.29 is 5.11 Å². The van der Waals surface area contributed by atoms with Crippen LogP contribution in [0.5, 0.6) is 0 Å². The first-order valence-corrected chi connectivity index (χ1v) is 4.61. The third-order valence-corrected chi connectivity index (χ3v) is 1.51. The van der Waals surface area contributed by atoms with Gasteiger partial charge in [-0.05, 0) is 20.9 Å². The number of allylic oxidation sites excluding steroid dienone is 1. The van der Waals surface area contributed by atoms with E-state index in [0.717, 1.165) is 6.54 Å². The summed E-state index contributed by atoms with van der Waals surface area (Å²) < 4.78 is 0. The van der Waals surface area contributed by atoms with Crippen LogP contribution in [-0.4, -0.2) is 41.6 Å². The molecule has 0 rings (SSSR count). The summed E-state index contributed by atoms with van der Waals surface area (Å²) in [5.74, 6) is 0.552. The molecule has 0 saturated heterocycles. The van der Waals surface area contributed by atoms with Crippen LogP contribution in [0, 0.1) is 0 Å². The summed E-state index contributed by atoms with van der Waals surface area (Å²) in [6.07, 6.45) is 3.90. The van der Waals surface area contributed by atoms with E-state index < -0.39 is 5.60 Å². The first-order valence-electron chi connectivity index (χ1n) is 4.07. The normalized spacial score (nSPS) is 13.2. The van der Waals surface area contributed by atoms with E-state index in [1.165, 1.54) is 0 Å². The van der Waals surface area contributed by atoms with Gasteiger partial charge < -0.3 is 5.11 Å². The fourth-order valence-corrected chi connectivity index (χ4v) is 1.17. The Labute approximate surface area is 79.8 Å². The van der Waals surface area contributed by atoms with Gasteiger partial charge in [-0.2, -0.15) is 0 Å². The summed E-state index contributed by atoms with van der Waals surface area (Å²) in [5.41, 5.74) is -0.621. The van der Waals surface area contributed by atoms with Crippen LogP contribution in [0.4, 0.5) is 0 Å². The van der Waals surface area contributed by atoms with Crippen molar-refractivity contribution in [3.05, 3.63) is 12.2 Å². The number of hydrogen-bond donors (Lipinski definition) is 1. The van der Waals surface area contributed by atoms with Gasteiger partial charge in [0.2, 0.25) is 0 Å². The van der Waals surface area contributed by atoms with E-state index >= 15 is 0 Å². The van der Waals surface area contributed by atoms with Crippen LogP contribution in [0.2, 0.25) is 0 Å². The maximum absolute atomic E-state index is 9.45. The van der Waals surface area contributed by atoms with E-state index in [0.29, 0.717) is 12.4 Å². The average Bonchev–Trinajstić information content (AvgIpc) is 1.84. The molecule has 0 aromatic carbocycles. The fraction of sp³-hybridized carbons (Fsp3) is 0.778. The third-order valence-electron chi connectivity index (χ3n) is 1.33. The number of likely N-dealkylation sites (N-methyl/N-ethyl adjacent to an activating group) is 1. The zero-order chi connectivity index (χ0) is 9.61. The largest absolute Gasteiger partial charge is 0.389 e. The Morgan fingerprint density at radius 3 is 2.42 bits per heavy atom. The SMILES string of the molecule is CN(CC=CCCl)CC(C)(C)O. The van der Waals surface area contributed by atoms with Crippen LogP contribution in [-0.2, 0) is 0 Å². The predicted octanol–water partition coefficient (Wildman–Crippen LogP) is 1.48. The zero-order valence-electron chi connectivity index (χ0n) is 8.05. The Kier molecular flexibility index (Phi) is 5.55. The monoisotopic (exact) mass is 191 g/mol. The molecule has 0 amide bonds. The van der Waals surface area contributed by atoms with Crippen molar-refractivity contribution in [3.8, 4) is 0 Å². The zero-order valence-corrected chi connectivity index (χ0v) is 8.80. The van der Waals surface area contributed by atoms with Crippen molar-refractivity contribution in [2.24, 2.45) is 0 Å². The molecular weight excluding hydrogens is 174 g/mol. The van der Waals surface area contributed by atoms with E-state index in [4.69, 9.17) is 11.6 Å². The number of rotatable bonds is 5. The molecule has 2 nitrogen and oxygen atoms in total. The van der Waals surface area contributed by atoms with Gasteiger partial charge in [0.15, 0.2) is 0 Å². The van der Waals surface area contributed by atoms with Gasteiger partial charge in [0.25, 0.3) is 0 Å². The molecule has 0 aliphatic rings. The Morgan fingerprint density at radius 1 is 1.42 bits per heavy atom. The van der Waals surface area contributed by atoms with Crippen LogP contribution < -0.4 is 0 Å². The molecule has 0 aliphatic carbocycles. The van der Waals surface area contributed by atoms with Gasteiger partial charge in [-0.3, -0.25) is 4.90 Å². The van der Waals surface area contributed by atoms with E-state index in [9.17, 15) is 5.11 Å². The molecule has 0 aromatic heterocycles. The molecule has 0 unspecified atom stereocenters. The summed E-state index contributed by atoms with van der Waals surface area (Å²) in [7, 11) is 1.97. The lowest BCUT2D eigenvalue weighted by atomic mass is 10.1. The lowest BCUT2D eigenvalue weighted by molar-refractivity contribution is 0.0479. The van der Waals surface area contributed by atoms with E-state index in [1.807, 2.05) is 24.1 Å². The van der Waals surface area contributed by atoms with Crippen molar-refractivity contribution in [3.63, 3.8) is 0 Å². The molecule has 0 spiro atoms. The minimum absolute atomic E-state index is 0.552. The standard InChI is InChI=1S/C9H18ClNO/c1-9(2,12)8-11(3)7-5-4-6-10/h4-5,12H,6-8H2,1-3H3. The molecule has 0 heterocycles. The van der Waals surface area contributed by atoms with Gasteiger partial charge >= 0.3 is 0 Å². The summed E-state index contributed by atoms with van der Waals surface area (Å²) in [4.78, 5) is 2.04. The number of hydrogen-bond acceptors (Lipinski definition) is 2. The molecule has 0 aromatic rings. The van der Waals surface area contributed by atoms with Crippen molar-refractivity contribution in [1.82, 2.24) is 4.90 Å². The van der Waals surface area contributed by atoms with Crippen molar-refractivity contribution in [1.29, 1.82) is 0 Å². The van der Waals surface area contributed by atoms with Crippen LogP contribution in [0.3, 0.4) is 0 Å². The van der Waals surface area contributed by atoms with E-state index in [1.54, 1.807) is 13.8 Å². The molecule has 0 fully saturated rings. The lowest BCUT2D eigenvalue weighted by Gasteiger charge is -2.24. The average molecular weight is 192 g/mol. The van der Waals surface area contributed by atoms with Crippen molar-refractivity contribution in [2.75, 3.05) is 26.0 Å². The van der Waals surface area contributed by atoms with E-state index in [2.05, 4.69) is 0 Å². The Balaban J connectivity index is 3.60. The summed E-state index contributed by atoms with van der Waals surface area (Å²) >= 11 is 5.46. The molecule has 3 heteroatoms. The molecule has 0 saturated carbocycles. The van der Waals surface area contributed by atoms with Gasteiger partial charge in [0.05, 0.1) is 5.60 Å². The highest BCUT2D eigenvalue weighted by Gasteiger charge is 2.14. The van der Waals surface area contributed by atoms with Gasteiger partial charge in [-0.25, -0.2) is 0 Å². The molecule has 12 heavy (non-hydrogen) atoms. The Hall–Kier alpha value is -0.0500. The second-order valence-corrected chi connectivity index (χ2v) is 3.94. The maximum atomic E-state index is 9.45. The van der Waals surface area contributed by atoms with Crippen LogP contribution in [0.15, 0.2) is 12.2 Å². The van der Waals surface area contributed by atoms with Gasteiger partial charge in [0, 0.05) is 19.0 Å². The van der Waals surface area contributed by atoms with Gasteiger partial charge in [-0.15, -0.1) is 11.6 Å². The summed E-state index contributed by atoms with van der Waals surface area (Å²) in [6.45, 7) is 5.10. The quantitative estimate of drug-likeness (QED) is 0.526. The van der Waals surface area contributed by atoms with Crippen LogP contribution >= 0.6 is 11.6 Å². The van der Waals surface area contributed by atoms with Crippen molar-refractivity contribution >= 4 is 11.6 Å². The summed E-state index contributed by atoms with van der Waals surface area (Å²) in [5, 5.41) is 9.45. The maximum Gasteiger partial charge on any atom is 0.0718 e. The third kappa shape index (κ3) is 8.05. The van der Waals surface area contributed by atoms with E-state index in [-0.39, 0.29) is 0 Å². The number of halogens is 1. The number of aliphatic hydroxyl groups is 1. The fourth-order valence-electron chi connectivity index (χ4n) is 1.04. The minimum atomic E-state index is -0.621. The highest BCUT2D eigenvalue weighted by atomic mass is 35.5. The Morgan fingerprint density at radius 2 is 2.00 bits per heavy atom. The Bertz CT molecular complexity index is 140. The second kappa shape index (κ2) is 5.57. The van der Waals surface area contributed by atoms with Gasteiger partial charge in [0.1, 0.15) is 0 Å². The first kappa shape index (κ1) is 11.9. The van der Waals surface area contributed by atoms with Crippen molar-refractivity contribution in [2.45, 2.75) is 19.4 Å². The highest BCUT2D eigenvalue weighted by molar-refractivity contribution is 6.18. The number of nitrogens with zero attached hydrogens (tertiary/aromatic N) is 1. The molecular formula is C9H18ClNO. The molecule has 72 valence electrons. The molecule has 1 N–H and O–H groups in total. The van der Waals surface area contributed by atoms with Crippen LogP contribution in [0.1, 0.15) is 13.8 Å². The molecule has 0 bridgehead atoms. The first-order chi connectivity index (χ1) is 5.45. The van der Waals surface area contributed by atoms with Gasteiger partial charge in [-0.1, -0.05) is 12.2 Å². The van der Waals surface area contributed by atoms with Crippen LogP contribution in [0.25, 0.3) is 0 Å². The molecule has 0 atom stereocenters. The smallest absolute Gasteiger partial charge is 0.0718 e. The highest BCUT2D eigenvalue weighted by Crippen LogP contribution is 2.02.